The largest absolute Gasteiger partial charge is 0.510 e. The molecule has 1 spiro atoms. The number of phenols is 1. The van der Waals surface area contributed by atoms with Gasteiger partial charge in [0.25, 0.3) is 5.56 Å². The fraction of sp³-hybridized carbons (Fsp3) is 0.152. The van der Waals surface area contributed by atoms with Crippen molar-refractivity contribution in [2.24, 2.45) is 5.16 Å². The van der Waals surface area contributed by atoms with Crippen LogP contribution in [0.15, 0.2) is 71.6 Å². The number of aliphatic hydroxyl groups excluding tert-OH is 2. The second kappa shape index (κ2) is 10.1. The lowest BCUT2D eigenvalue weighted by molar-refractivity contribution is 0.132. The number of hydrogen-bond acceptors (Lipinski definition) is 11. The Labute approximate surface area is 260 Å². The Morgan fingerprint density at radius 1 is 0.935 bits per heavy atom. The minimum absolute atomic E-state index is 0.0189. The van der Waals surface area contributed by atoms with Crippen molar-refractivity contribution in [2.75, 3.05) is 7.11 Å². The molecule has 0 radical (unpaired) electrons. The van der Waals surface area contributed by atoms with Gasteiger partial charge < -0.3 is 29.9 Å². The number of oxime groups is 1. The summed E-state index contributed by atoms with van der Waals surface area (Å²) in [5.74, 6) is -2.75. The Hall–Kier alpha value is -5.75. The number of rotatable bonds is 5. The summed E-state index contributed by atoms with van der Waals surface area (Å²) in [6, 6.07) is 11.5. The summed E-state index contributed by atoms with van der Waals surface area (Å²) in [5.41, 5.74) is -6.04. The topological polar surface area (TPSA) is 193 Å². The van der Waals surface area contributed by atoms with Crippen molar-refractivity contribution in [3.63, 3.8) is 0 Å². The van der Waals surface area contributed by atoms with E-state index in [1.807, 2.05) is 30.3 Å². The fourth-order valence-electron chi connectivity index (χ4n) is 6.66. The molecule has 0 aliphatic heterocycles. The van der Waals surface area contributed by atoms with Crippen molar-refractivity contribution in [1.82, 2.24) is 4.98 Å². The summed E-state index contributed by atoms with van der Waals surface area (Å²) in [4.78, 5) is 74.2. The van der Waals surface area contributed by atoms with Crippen LogP contribution in [-0.2, 0) is 23.3 Å². The number of aromatic amines is 1. The number of ether oxygens (including phenoxy) is 1. The zero-order valence-electron chi connectivity index (χ0n) is 23.8. The lowest BCUT2D eigenvalue weighted by Crippen LogP contribution is -2.51. The lowest BCUT2D eigenvalue weighted by atomic mass is 9.78. The molecule has 0 saturated carbocycles. The molecule has 0 fully saturated rings. The van der Waals surface area contributed by atoms with Gasteiger partial charge in [-0.1, -0.05) is 47.1 Å². The van der Waals surface area contributed by atoms with Crippen LogP contribution in [0.25, 0.3) is 22.3 Å². The Balaban J connectivity index is 1.44. The summed E-state index contributed by atoms with van der Waals surface area (Å²) in [5, 5.41) is 35.6. The number of aromatic hydroxyl groups is 1. The number of aliphatic hydroxyl groups is 2. The molecule has 13 heteroatoms. The van der Waals surface area contributed by atoms with Crippen LogP contribution in [0, 0.1) is 10.4 Å². The summed E-state index contributed by atoms with van der Waals surface area (Å²) in [6.07, 6.45) is 1.12. The second-order valence-corrected chi connectivity index (χ2v) is 11.4. The standard InChI is InChI=1S/C33H21ClN2O10/c1-45-18-10-17(37)20-21(26(18)38)28(40)23-22(27(20)39)30(42)33(31(23)43)8-7-15-24(33)29(41)19-16(25(15)34)9-14(36-32(19)44)11-35-46-12-13-5-3-2-4-6-13/h2-6,9-11,41-43H,7-8,12H2,1H3,(H,36,44)/t33-/m0/s1. The molecule has 0 bridgehead atoms. The van der Waals surface area contributed by atoms with E-state index in [9.17, 15) is 39.3 Å². The number of fused-ring (bicyclic) bond motifs is 4. The zero-order chi connectivity index (χ0) is 32.7. The zero-order valence-corrected chi connectivity index (χ0v) is 24.5. The van der Waals surface area contributed by atoms with Crippen LogP contribution >= 0.6 is 11.6 Å². The van der Waals surface area contributed by atoms with Crippen LogP contribution in [0.3, 0.4) is 0 Å². The van der Waals surface area contributed by atoms with E-state index in [0.717, 1.165) is 18.7 Å². The van der Waals surface area contributed by atoms with Gasteiger partial charge in [0.1, 0.15) is 29.3 Å². The van der Waals surface area contributed by atoms with Crippen molar-refractivity contribution >= 4 is 40.1 Å². The molecule has 3 aromatic rings. The molecule has 46 heavy (non-hydrogen) atoms. The molecule has 1 atom stereocenters. The maximum Gasteiger partial charge on any atom is 0.260 e. The predicted molar refractivity (Wildman–Crippen MR) is 167 cm³/mol. The van der Waals surface area contributed by atoms with Gasteiger partial charge >= 0.3 is 0 Å². The number of pyridine rings is 1. The molecule has 0 unspecified atom stereocenters. The van der Waals surface area contributed by atoms with Gasteiger partial charge in [0, 0.05) is 17.0 Å². The third-order valence-corrected chi connectivity index (χ3v) is 9.15. The average molecular weight is 641 g/mol. The number of benzene rings is 2. The molecule has 1 aromatic heterocycles. The Bertz CT molecular complexity index is 2680. The van der Waals surface area contributed by atoms with Crippen LogP contribution in [0.5, 0.6) is 11.5 Å². The average Bonchev–Trinajstić information content (AvgIpc) is 3.55. The summed E-state index contributed by atoms with van der Waals surface area (Å²) in [6.45, 7) is 0.181. The van der Waals surface area contributed by atoms with Gasteiger partial charge in [0.15, 0.2) is 11.2 Å². The van der Waals surface area contributed by atoms with Crippen molar-refractivity contribution in [2.45, 2.75) is 24.9 Å². The number of halogens is 1. The SMILES string of the molecule is COc1cc(=O)c2c(=O)c3c(c(=O)c=2c1=O)=C(O)[C@]1(CCc2c1c(O)c1c(=O)[nH]c(C=NOCc4ccccc4)cc1c2Cl)C=3O. The first-order valence-corrected chi connectivity index (χ1v) is 14.3. The number of hydrogen-bond donors (Lipinski definition) is 4. The van der Waals surface area contributed by atoms with E-state index in [-0.39, 0.29) is 52.1 Å². The molecular formula is C33H21ClN2O10. The Morgan fingerprint density at radius 3 is 2.28 bits per heavy atom. The van der Waals surface area contributed by atoms with Crippen molar-refractivity contribution in [3.05, 3.63) is 142 Å². The number of aromatic nitrogens is 1. The van der Waals surface area contributed by atoms with Crippen molar-refractivity contribution < 1.29 is 24.9 Å². The molecule has 12 nitrogen and oxygen atoms in total. The molecule has 4 N–H and O–H groups in total. The molecule has 230 valence electrons. The van der Waals surface area contributed by atoms with Gasteiger partial charge in [-0.05, 0) is 30.0 Å². The summed E-state index contributed by atoms with van der Waals surface area (Å²) < 4.78 is 4.90. The monoisotopic (exact) mass is 640 g/mol. The van der Waals surface area contributed by atoms with Gasteiger partial charge in [-0.2, -0.15) is 0 Å². The number of nitrogens with one attached hydrogen (secondary N) is 1. The molecule has 4 aliphatic carbocycles. The van der Waals surface area contributed by atoms with Gasteiger partial charge in [0.05, 0.1) is 50.3 Å². The van der Waals surface area contributed by atoms with E-state index in [1.54, 1.807) is 0 Å². The molecule has 2 aromatic carbocycles. The molecule has 4 aliphatic rings. The number of methoxy groups -OCH3 is 1. The minimum atomic E-state index is -2.07. The van der Waals surface area contributed by atoms with Crippen LogP contribution in [0.2, 0.25) is 5.02 Å². The van der Waals surface area contributed by atoms with Gasteiger partial charge in [-0.25, -0.2) is 0 Å². The van der Waals surface area contributed by atoms with E-state index in [0.29, 0.717) is 0 Å². The first kappa shape index (κ1) is 29.0. The van der Waals surface area contributed by atoms with Gasteiger partial charge in [-0.3, -0.25) is 24.0 Å². The third-order valence-electron chi connectivity index (χ3n) is 8.72. The van der Waals surface area contributed by atoms with Crippen LogP contribution in [0.1, 0.15) is 28.8 Å². The Kier molecular flexibility index (Phi) is 6.39. The maximum absolute atomic E-state index is 13.7. The quantitative estimate of drug-likeness (QED) is 0.157. The number of phenolic OH excluding ortho intramolecular Hbond substituents is 1. The van der Waals surface area contributed by atoms with Crippen LogP contribution in [0.4, 0.5) is 0 Å². The normalized spacial score (nSPS) is 17.0. The highest BCUT2D eigenvalue weighted by molar-refractivity contribution is 6.37. The maximum atomic E-state index is 13.7. The predicted octanol–water partition coefficient (Wildman–Crippen LogP) is 0.718. The van der Waals surface area contributed by atoms with Gasteiger partial charge in [-0.15, -0.1) is 0 Å². The number of nitrogens with zero attached hydrogens (tertiary/aromatic N) is 1. The summed E-state index contributed by atoms with van der Waals surface area (Å²) >= 11 is 6.79. The first-order valence-electron chi connectivity index (χ1n) is 13.9. The van der Waals surface area contributed by atoms with Crippen LogP contribution < -0.4 is 42.4 Å². The van der Waals surface area contributed by atoms with Crippen molar-refractivity contribution in [1.29, 1.82) is 0 Å². The van der Waals surface area contributed by atoms with Crippen LogP contribution in [-0.4, -0.2) is 33.6 Å². The number of H-pyrrole nitrogens is 1. The molecule has 0 saturated heterocycles. The van der Waals surface area contributed by atoms with E-state index < -0.39 is 76.6 Å². The molecule has 1 heterocycles. The smallest absolute Gasteiger partial charge is 0.260 e. The van der Waals surface area contributed by atoms with E-state index >= 15 is 0 Å². The Morgan fingerprint density at radius 2 is 1.61 bits per heavy atom. The highest BCUT2D eigenvalue weighted by Gasteiger charge is 2.53. The van der Waals surface area contributed by atoms with Crippen molar-refractivity contribution in [3.8, 4) is 11.5 Å². The lowest BCUT2D eigenvalue weighted by Gasteiger charge is -2.27. The highest BCUT2D eigenvalue weighted by atomic mass is 35.5. The van der Waals surface area contributed by atoms with E-state index in [4.69, 9.17) is 21.2 Å². The molecule has 0 amide bonds. The minimum Gasteiger partial charge on any atom is -0.510 e. The molecule has 7 rings (SSSR count). The third kappa shape index (κ3) is 3.73. The summed E-state index contributed by atoms with van der Waals surface area (Å²) in [7, 11) is 1.11. The first-order chi connectivity index (χ1) is 22.0. The van der Waals surface area contributed by atoms with E-state index in [2.05, 4.69) is 10.1 Å². The van der Waals surface area contributed by atoms with Gasteiger partial charge in [0.2, 0.25) is 16.3 Å². The fourth-order valence-corrected chi connectivity index (χ4v) is 7.00. The second-order valence-electron chi connectivity index (χ2n) is 11.0. The van der Waals surface area contributed by atoms with E-state index in [1.165, 1.54) is 12.3 Å². The molecular weight excluding hydrogens is 620 g/mol. The highest BCUT2D eigenvalue weighted by Crippen LogP contribution is 2.56.